The molecule has 0 saturated carbocycles. The normalized spacial score (nSPS) is 20.1. The zero-order valence-corrected chi connectivity index (χ0v) is 11.1. The molecule has 1 atom stereocenters. The second kappa shape index (κ2) is 5.27. The van der Waals surface area contributed by atoms with Gasteiger partial charge in [-0.3, -0.25) is 0 Å². The minimum absolute atomic E-state index is 0.479. The average Bonchev–Trinajstić information content (AvgIpc) is 2.65. The Hall–Kier alpha value is -0.130. The van der Waals surface area contributed by atoms with E-state index in [0.29, 0.717) is 12.0 Å². The number of anilines is 1. The first-order valence-corrected chi connectivity index (χ1v) is 6.88. The van der Waals surface area contributed by atoms with Crippen LogP contribution in [-0.2, 0) is 4.74 Å². The summed E-state index contributed by atoms with van der Waals surface area (Å²) >= 11 is 5.00. The first kappa shape index (κ1) is 11.4. The molecule has 5 heteroatoms. The number of nitrogens with zero attached hydrogens (tertiary/aromatic N) is 1. The highest BCUT2D eigenvalue weighted by molar-refractivity contribution is 9.10. The van der Waals surface area contributed by atoms with E-state index in [2.05, 4.69) is 33.2 Å². The van der Waals surface area contributed by atoms with Gasteiger partial charge >= 0.3 is 0 Å². The Morgan fingerprint density at radius 2 is 2.33 bits per heavy atom. The number of nitrogens with one attached hydrogen (secondary N) is 1. The smallest absolute Gasteiger partial charge is 0.183 e. The quantitative estimate of drug-likeness (QED) is 0.929. The van der Waals surface area contributed by atoms with E-state index in [1.807, 2.05) is 5.38 Å². The molecule has 1 aliphatic heterocycles. The largest absolute Gasteiger partial charge is 0.381 e. The van der Waals surface area contributed by atoms with Crippen LogP contribution in [0.4, 0.5) is 5.13 Å². The van der Waals surface area contributed by atoms with Crippen molar-refractivity contribution < 1.29 is 4.74 Å². The number of rotatable bonds is 3. The highest BCUT2D eigenvalue weighted by Crippen LogP contribution is 2.25. The van der Waals surface area contributed by atoms with Crippen molar-refractivity contribution in [2.24, 2.45) is 5.92 Å². The van der Waals surface area contributed by atoms with Crippen LogP contribution >= 0.6 is 27.3 Å². The van der Waals surface area contributed by atoms with E-state index in [4.69, 9.17) is 4.74 Å². The van der Waals surface area contributed by atoms with Crippen molar-refractivity contribution >= 4 is 32.4 Å². The lowest BCUT2D eigenvalue weighted by Crippen LogP contribution is -2.30. The standard InChI is InChI=1S/C10H15BrN2OS/c1-7(8-2-4-14-5-3-8)12-10-13-9(11)6-15-10/h6-8H,2-5H2,1H3,(H,12,13). The SMILES string of the molecule is CC(Nc1nc(Br)cs1)C1CCOCC1. The van der Waals surface area contributed by atoms with E-state index in [0.717, 1.165) is 35.8 Å². The van der Waals surface area contributed by atoms with Gasteiger partial charge in [0.1, 0.15) is 4.60 Å². The fourth-order valence-electron chi connectivity index (χ4n) is 1.85. The van der Waals surface area contributed by atoms with Crippen LogP contribution in [0, 0.1) is 5.92 Å². The lowest BCUT2D eigenvalue weighted by Gasteiger charge is -2.28. The molecule has 1 unspecified atom stereocenters. The zero-order chi connectivity index (χ0) is 10.7. The highest BCUT2D eigenvalue weighted by atomic mass is 79.9. The van der Waals surface area contributed by atoms with Crippen molar-refractivity contribution in [3.63, 3.8) is 0 Å². The van der Waals surface area contributed by atoms with Gasteiger partial charge in [-0.15, -0.1) is 11.3 Å². The third-order valence-corrected chi connectivity index (χ3v) is 4.28. The summed E-state index contributed by atoms with van der Waals surface area (Å²) in [5.41, 5.74) is 0. The van der Waals surface area contributed by atoms with Crippen LogP contribution < -0.4 is 5.32 Å². The monoisotopic (exact) mass is 290 g/mol. The van der Waals surface area contributed by atoms with E-state index in [9.17, 15) is 0 Å². The van der Waals surface area contributed by atoms with Crippen LogP contribution in [0.15, 0.2) is 9.98 Å². The van der Waals surface area contributed by atoms with Crippen LogP contribution in [0.3, 0.4) is 0 Å². The number of thiazole rings is 1. The molecule has 1 aromatic heterocycles. The van der Waals surface area contributed by atoms with Crippen LogP contribution in [-0.4, -0.2) is 24.2 Å². The van der Waals surface area contributed by atoms with Crippen molar-refractivity contribution in [3.05, 3.63) is 9.98 Å². The summed E-state index contributed by atoms with van der Waals surface area (Å²) in [5.74, 6) is 0.710. The van der Waals surface area contributed by atoms with Gasteiger partial charge in [0, 0.05) is 24.6 Å². The third kappa shape index (κ3) is 3.16. The molecule has 1 saturated heterocycles. The molecule has 0 aliphatic carbocycles. The molecule has 84 valence electrons. The van der Waals surface area contributed by atoms with Gasteiger partial charge in [-0.25, -0.2) is 4.98 Å². The van der Waals surface area contributed by atoms with E-state index in [1.54, 1.807) is 11.3 Å². The Morgan fingerprint density at radius 3 is 2.93 bits per heavy atom. The predicted octanol–water partition coefficient (Wildman–Crippen LogP) is 3.13. The second-order valence-electron chi connectivity index (χ2n) is 3.86. The van der Waals surface area contributed by atoms with Crippen LogP contribution in [0.5, 0.6) is 0 Å². The number of halogens is 1. The molecule has 1 fully saturated rings. The van der Waals surface area contributed by atoms with Gasteiger partial charge in [0.05, 0.1) is 0 Å². The molecule has 1 N–H and O–H groups in total. The summed E-state index contributed by atoms with van der Waals surface area (Å²) in [7, 11) is 0. The molecule has 2 heterocycles. The summed E-state index contributed by atoms with van der Waals surface area (Å²) in [4.78, 5) is 4.34. The van der Waals surface area contributed by atoms with Crippen LogP contribution in [0.1, 0.15) is 19.8 Å². The maximum Gasteiger partial charge on any atom is 0.183 e. The zero-order valence-electron chi connectivity index (χ0n) is 8.70. The van der Waals surface area contributed by atoms with Gasteiger partial charge in [-0.1, -0.05) is 0 Å². The molecule has 0 amide bonds. The molecule has 0 bridgehead atoms. The molecule has 2 rings (SSSR count). The molecular weight excluding hydrogens is 276 g/mol. The predicted molar refractivity (Wildman–Crippen MR) is 66.4 cm³/mol. The topological polar surface area (TPSA) is 34.2 Å². The molecule has 0 radical (unpaired) electrons. The molecule has 0 spiro atoms. The Morgan fingerprint density at radius 1 is 1.60 bits per heavy atom. The number of aromatic nitrogens is 1. The minimum atomic E-state index is 0.479. The first-order valence-electron chi connectivity index (χ1n) is 5.21. The van der Waals surface area contributed by atoms with Gasteiger partial charge in [0.25, 0.3) is 0 Å². The summed E-state index contributed by atoms with van der Waals surface area (Å²) in [6.45, 7) is 4.03. The Kier molecular flexibility index (Phi) is 3.99. The fourth-order valence-corrected chi connectivity index (χ4v) is 3.09. The van der Waals surface area contributed by atoms with Crippen molar-refractivity contribution in [3.8, 4) is 0 Å². The van der Waals surface area contributed by atoms with E-state index in [-0.39, 0.29) is 0 Å². The van der Waals surface area contributed by atoms with Crippen LogP contribution in [0.25, 0.3) is 0 Å². The van der Waals surface area contributed by atoms with Gasteiger partial charge in [-0.2, -0.15) is 0 Å². The van der Waals surface area contributed by atoms with Gasteiger partial charge in [0.2, 0.25) is 0 Å². The Bertz CT molecular complexity index is 312. The number of hydrogen-bond acceptors (Lipinski definition) is 4. The first-order chi connectivity index (χ1) is 7.25. The molecular formula is C10H15BrN2OS. The maximum atomic E-state index is 5.36. The van der Waals surface area contributed by atoms with Crippen molar-refractivity contribution in [1.82, 2.24) is 4.98 Å². The maximum absolute atomic E-state index is 5.36. The molecule has 0 aromatic carbocycles. The third-order valence-electron chi connectivity index (χ3n) is 2.80. The van der Waals surface area contributed by atoms with Crippen molar-refractivity contribution in [2.75, 3.05) is 18.5 Å². The molecule has 1 aliphatic rings. The summed E-state index contributed by atoms with van der Waals surface area (Å²) in [6, 6.07) is 0.479. The van der Waals surface area contributed by atoms with Crippen LogP contribution in [0.2, 0.25) is 0 Å². The number of ether oxygens (including phenoxy) is 1. The summed E-state index contributed by atoms with van der Waals surface area (Å²) in [5, 5.41) is 6.45. The summed E-state index contributed by atoms with van der Waals surface area (Å²) in [6.07, 6.45) is 2.31. The van der Waals surface area contributed by atoms with Crippen molar-refractivity contribution in [1.29, 1.82) is 0 Å². The lowest BCUT2D eigenvalue weighted by molar-refractivity contribution is 0.0622. The molecule has 15 heavy (non-hydrogen) atoms. The van der Waals surface area contributed by atoms with E-state index < -0.39 is 0 Å². The summed E-state index contributed by atoms with van der Waals surface area (Å²) < 4.78 is 6.27. The fraction of sp³-hybridized carbons (Fsp3) is 0.700. The van der Waals surface area contributed by atoms with Gasteiger partial charge in [-0.05, 0) is 41.6 Å². The Balaban J connectivity index is 1.88. The Labute approximate surface area is 102 Å². The highest BCUT2D eigenvalue weighted by Gasteiger charge is 2.20. The minimum Gasteiger partial charge on any atom is -0.381 e. The average molecular weight is 291 g/mol. The lowest BCUT2D eigenvalue weighted by atomic mass is 9.93. The number of hydrogen-bond donors (Lipinski definition) is 1. The van der Waals surface area contributed by atoms with Gasteiger partial charge < -0.3 is 10.1 Å². The van der Waals surface area contributed by atoms with E-state index in [1.165, 1.54) is 0 Å². The second-order valence-corrected chi connectivity index (χ2v) is 5.53. The molecule has 1 aromatic rings. The van der Waals surface area contributed by atoms with E-state index >= 15 is 0 Å². The van der Waals surface area contributed by atoms with Crippen molar-refractivity contribution in [2.45, 2.75) is 25.8 Å². The molecule has 3 nitrogen and oxygen atoms in total. The van der Waals surface area contributed by atoms with Gasteiger partial charge in [0.15, 0.2) is 5.13 Å².